The Morgan fingerprint density at radius 3 is 2.39 bits per heavy atom. The lowest BCUT2D eigenvalue weighted by atomic mass is 10.0. The summed E-state index contributed by atoms with van der Waals surface area (Å²) in [5, 5.41) is 22.8. The maximum Gasteiger partial charge on any atom is 0.303 e. The lowest BCUT2D eigenvalue weighted by Gasteiger charge is -2.24. The topological polar surface area (TPSA) is 108 Å². The summed E-state index contributed by atoms with van der Waals surface area (Å²) in [6.07, 6.45) is 5.06. The Balaban J connectivity index is 1.53. The summed E-state index contributed by atoms with van der Waals surface area (Å²) in [7, 11) is 0. The summed E-state index contributed by atoms with van der Waals surface area (Å²) in [6, 6.07) is 24.1. The number of unbranched alkanes of at least 4 members (excludes halogenated alkanes) is 2. The number of nitrogens with zero attached hydrogens (tertiary/aromatic N) is 4. The van der Waals surface area contributed by atoms with Crippen LogP contribution in [0.3, 0.4) is 0 Å². The Labute approximate surface area is 266 Å². The van der Waals surface area contributed by atoms with Crippen molar-refractivity contribution in [1.82, 2.24) is 9.55 Å². The monoisotopic (exact) mass is 612 g/mol. The number of fused-ring (bicyclic) bond motifs is 10. The minimum atomic E-state index is -0.820. The summed E-state index contributed by atoms with van der Waals surface area (Å²) >= 11 is 0. The van der Waals surface area contributed by atoms with E-state index < -0.39 is 5.97 Å². The third-order valence-corrected chi connectivity index (χ3v) is 8.91. The summed E-state index contributed by atoms with van der Waals surface area (Å²) in [4.78, 5) is 18.9. The fraction of sp³-hybridized carbons (Fsp3) is 0.289. The average molecular weight is 613 g/mol. The van der Waals surface area contributed by atoms with E-state index >= 15 is 0 Å². The largest absolute Gasteiger partial charge is 0.481 e. The number of rotatable bonds is 12. The number of carbonyl (C=O) groups is 1. The molecule has 0 saturated carbocycles. The van der Waals surface area contributed by atoms with Crippen molar-refractivity contribution in [3.63, 3.8) is 0 Å². The average Bonchev–Trinajstić information content (AvgIpc) is 3.77. The van der Waals surface area contributed by atoms with E-state index in [-0.39, 0.29) is 6.42 Å². The maximum absolute atomic E-state index is 11.5. The predicted octanol–water partition coefficient (Wildman–Crippen LogP) is 9.65. The summed E-state index contributed by atoms with van der Waals surface area (Å²) in [5.74, 6) is -0.387. The predicted molar refractivity (Wildman–Crippen MR) is 183 cm³/mol. The van der Waals surface area contributed by atoms with Gasteiger partial charge in [-0.2, -0.15) is 5.26 Å². The number of carboxylic acids is 1. The van der Waals surface area contributed by atoms with E-state index in [2.05, 4.69) is 59.7 Å². The minimum Gasteiger partial charge on any atom is -0.481 e. The Kier molecular flexibility index (Phi) is 7.83. The first kappa shape index (κ1) is 29.4. The van der Waals surface area contributed by atoms with Crippen LogP contribution < -0.4 is 4.90 Å². The fourth-order valence-corrected chi connectivity index (χ4v) is 6.62. The van der Waals surface area contributed by atoms with Gasteiger partial charge in [-0.15, -0.1) is 0 Å². The van der Waals surface area contributed by atoms with E-state index in [1.807, 2.05) is 24.3 Å². The molecule has 7 rings (SSSR count). The molecule has 0 saturated heterocycles. The second-order valence-electron chi connectivity index (χ2n) is 12.0. The van der Waals surface area contributed by atoms with Crippen LogP contribution in [0.2, 0.25) is 0 Å². The fourth-order valence-electron chi connectivity index (χ4n) is 6.62. The number of benzene rings is 4. The minimum absolute atomic E-state index is 0.0657. The Morgan fingerprint density at radius 2 is 1.67 bits per heavy atom. The first-order valence-corrected chi connectivity index (χ1v) is 16.2. The highest BCUT2D eigenvalue weighted by atomic mass is 16.4. The zero-order chi connectivity index (χ0) is 31.8. The number of nitriles is 1. The van der Waals surface area contributed by atoms with E-state index in [4.69, 9.17) is 13.8 Å². The molecule has 0 atom stereocenters. The number of para-hydroxylation sites is 1. The van der Waals surface area contributed by atoms with Crippen LogP contribution in [0.1, 0.15) is 57.9 Å². The van der Waals surface area contributed by atoms with E-state index in [9.17, 15) is 15.2 Å². The number of oxazole rings is 1. The van der Waals surface area contributed by atoms with Crippen molar-refractivity contribution in [2.75, 3.05) is 18.0 Å². The second-order valence-corrected chi connectivity index (χ2v) is 12.0. The van der Waals surface area contributed by atoms with Gasteiger partial charge >= 0.3 is 5.97 Å². The molecule has 0 unspecified atom stereocenters. The van der Waals surface area contributed by atoms with Crippen LogP contribution in [-0.2, 0) is 11.3 Å². The Bertz CT molecular complexity index is 2260. The molecule has 4 aromatic carbocycles. The smallest absolute Gasteiger partial charge is 0.303 e. The Hall–Kier alpha value is -5.29. The summed E-state index contributed by atoms with van der Waals surface area (Å²) in [5.41, 5.74) is 7.02. The quantitative estimate of drug-likeness (QED) is 0.146. The number of anilines is 1. The molecule has 0 aliphatic rings. The molecule has 46 heavy (non-hydrogen) atoms. The van der Waals surface area contributed by atoms with Gasteiger partial charge in [-0.3, -0.25) is 4.79 Å². The van der Waals surface area contributed by atoms with Gasteiger partial charge in [0.2, 0.25) is 5.89 Å². The van der Waals surface area contributed by atoms with Crippen molar-refractivity contribution in [2.24, 2.45) is 0 Å². The molecular weight excluding hydrogens is 576 g/mol. The van der Waals surface area contributed by atoms with Crippen molar-refractivity contribution in [2.45, 2.75) is 58.9 Å². The lowest BCUT2D eigenvalue weighted by molar-refractivity contribution is -0.137. The van der Waals surface area contributed by atoms with Crippen LogP contribution in [0.15, 0.2) is 75.6 Å². The van der Waals surface area contributed by atoms with Gasteiger partial charge in [0.15, 0.2) is 16.7 Å². The molecule has 8 nitrogen and oxygen atoms in total. The highest BCUT2D eigenvalue weighted by Crippen LogP contribution is 2.46. The standard InChI is InChI=1S/C38H36N4O4/c1-3-5-19-41(20-6-4-2)26-17-18-28-30(22-26)45-36-33(28)32-27-10-7-8-11-29(27)42(21-9-12-31(43)44)35(32)37-34(36)40-38(46-37)25-15-13-24(23-39)14-16-25/h7-8,10-11,13-18,22H,3-6,9,12,19-21H2,1-2H3,(H,43,44). The molecule has 3 aromatic heterocycles. The number of aliphatic carboxylic acids is 1. The molecular formula is C38H36N4O4. The number of aryl methyl sites for hydroxylation is 1. The van der Waals surface area contributed by atoms with Crippen LogP contribution in [0.5, 0.6) is 0 Å². The number of aromatic nitrogens is 2. The number of furan rings is 1. The van der Waals surface area contributed by atoms with Gasteiger partial charge in [-0.1, -0.05) is 44.9 Å². The van der Waals surface area contributed by atoms with Gasteiger partial charge in [-0.05, 0) is 61.7 Å². The highest BCUT2D eigenvalue weighted by molar-refractivity contribution is 6.34. The van der Waals surface area contributed by atoms with Crippen molar-refractivity contribution in [1.29, 1.82) is 5.26 Å². The highest BCUT2D eigenvalue weighted by Gasteiger charge is 2.26. The van der Waals surface area contributed by atoms with Crippen LogP contribution in [0.4, 0.5) is 5.69 Å². The molecule has 8 heteroatoms. The molecule has 0 bridgehead atoms. The van der Waals surface area contributed by atoms with Crippen molar-refractivity contribution >= 4 is 66.5 Å². The number of hydrogen-bond donors (Lipinski definition) is 1. The van der Waals surface area contributed by atoms with Crippen molar-refractivity contribution in [3.8, 4) is 17.5 Å². The lowest BCUT2D eigenvalue weighted by Crippen LogP contribution is -2.25. The SMILES string of the molecule is CCCCN(CCCC)c1ccc2c(c1)oc1c3nc(-c4ccc(C#N)cc4)oc3c3c(c4ccccc4n3CCCC(=O)O)c21. The third-order valence-electron chi connectivity index (χ3n) is 8.91. The molecule has 3 heterocycles. The number of hydrogen-bond acceptors (Lipinski definition) is 6. The maximum atomic E-state index is 11.5. The molecule has 0 amide bonds. The molecule has 0 radical (unpaired) electrons. The van der Waals surface area contributed by atoms with Crippen LogP contribution in [0.25, 0.3) is 66.3 Å². The van der Waals surface area contributed by atoms with Gasteiger partial charge < -0.3 is 23.4 Å². The first-order valence-electron chi connectivity index (χ1n) is 16.2. The van der Waals surface area contributed by atoms with Gasteiger partial charge in [-0.25, -0.2) is 4.98 Å². The Morgan fingerprint density at radius 1 is 0.913 bits per heavy atom. The molecule has 0 fully saturated rings. The second kappa shape index (κ2) is 12.2. The number of carboxylic acid groups (broad SMARTS) is 1. The van der Waals surface area contributed by atoms with E-state index in [1.165, 1.54) is 0 Å². The van der Waals surface area contributed by atoms with Gasteiger partial charge in [0, 0.05) is 70.4 Å². The summed E-state index contributed by atoms with van der Waals surface area (Å²) in [6.45, 7) is 6.95. The molecule has 232 valence electrons. The van der Waals surface area contributed by atoms with Crippen LogP contribution in [0, 0.1) is 11.3 Å². The molecule has 0 aliphatic heterocycles. The van der Waals surface area contributed by atoms with Crippen molar-refractivity contribution in [3.05, 3.63) is 72.3 Å². The van der Waals surface area contributed by atoms with Crippen LogP contribution >= 0.6 is 0 Å². The zero-order valence-electron chi connectivity index (χ0n) is 26.2. The van der Waals surface area contributed by atoms with E-state index in [0.29, 0.717) is 41.1 Å². The zero-order valence-corrected chi connectivity index (χ0v) is 26.2. The molecule has 1 N–H and O–H groups in total. The normalized spacial score (nSPS) is 11.8. The van der Waals surface area contributed by atoms with Gasteiger partial charge in [0.1, 0.15) is 5.58 Å². The molecule has 0 aliphatic carbocycles. The van der Waals surface area contributed by atoms with E-state index in [1.54, 1.807) is 12.1 Å². The van der Waals surface area contributed by atoms with Crippen LogP contribution in [-0.4, -0.2) is 33.7 Å². The molecule has 0 spiro atoms. The van der Waals surface area contributed by atoms with E-state index in [0.717, 1.165) is 88.2 Å². The van der Waals surface area contributed by atoms with Gasteiger partial charge in [0.25, 0.3) is 0 Å². The summed E-state index contributed by atoms with van der Waals surface area (Å²) < 4.78 is 15.5. The molecule has 7 aromatic rings. The first-order chi connectivity index (χ1) is 22.5. The third kappa shape index (κ3) is 5.02. The van der Waals surface area contributed by atoms with Gasteiger partial charge in [0.05, 0.1) is 17.1 Å². The van der Waals surface area contributed by atoms with Crippen molar-refractivity contribution < 1.29 is 18.7 Å².